The lowest BCUT2D eigenvalue weighted by Gasteiger charge is -2.32. The smallest absolute Gasteiger partial charge is 0.301 e. The van der Waals surface area contributed by atoms with Crippen molar-refractivity contribution in [3.63, 3.8) is 0 Å². The van der Waals surface area contributed by atoms with Gasteiger partial charge in [0.15, 0.2) is 0 Å². The third-order valence-corrected chi connectivity index (χ3v) is 5.15. The van der Waals surface area contributed by atoms with E-state index in [1.54, 1.807) is 22.6 Å². The Morgan fingerprint density at radius 1 is 1.48 bits per heavy atom. The molecule has 0 aliphatic carbocycles. The van der Waals surface area contributed by atoms with Gasteiger partial charge in [-0.2, -0.15) is 12.7 Å². The predicted octanol–water partition coefficient (Wildman–Crippen LogP) is 1.37. The number of nitrogens with one attached hydrogen (secondary N) is 2. The van der Waals surface area contributed by atoms with Crippen LogP contribution in [0.4, 0.5) is 5.69 Å². The summed E-state index contributed by atoms with van der Waals surface area (Å²) in [5, 5.41) is 3.30. The highest BCUT2D eigenvalue weighted by atomic mass is 32.2. The molecule has 6 nitrogen and oxygen atoms in total. The highest BCUT2D eigenvalue weighted by Gasteiger charge is 2.28. The molecule has 0 aromatic carbocycles. The maximum Gasteiger partial charge on any atom is 0.301 e. The number of aryl methyl sites for hydroxylation is 1. The molecule has 1 fully saturated rings. The molecule has 2 N–H and O–H groups in total. The van der Waals surface area contributed by atoms with Gasteiger partial charge in [0.2, 0.25) is 0 Å². The summed E-state index contributed by atoms with van der Waals surface area (Å²) in [4.78, 5) is 4.07. The normalized spacial score (nSPS) is 20.4. The van der Waals surface area contributed by atoms with Crippen molar-refractivity contribution in [2.45, 2.75) is 26.7 Å². The zero-order valence-corrected chi connectivity index (χ0v) is 13.5. The molecule has 1 saturated heterocycles. The first kappa shape index (κ1) is 16.2. The van der Waals surface area contributed by atoms with Crippen LogP contribution in [0, 0.1) is 12.8 Å². The van der Waals surface area contributed by atoms with Crippen molar-refractivity contribution in [2.24, 2.45) is 5.92 Å². The fraction of sp³-hybridized carbons (Fsp3) is 0.643. The summed E-state index contributed by atoms with van der Waals surface area (Å²) in [6.45, 7) is 6.85. The molecule has 0 spiro atoms. The van der Waals surface area contributed by atoms with Crippen LogP contribution in [0.5, 0.6) is 0 Å². The van der Waals surface area contributed by atoms with Crippen molar-refractivity contribution in [3.8, 4) is 0 Å². The van der Waals surface area contributed by atoms with Gasteiger partial charge in [-0.3, -0.25) is 9.71 Å². The Labute approximate surface area is 127 Å². The zero-order valence-electron chi connectivity index (χ0n) is 12.7. The molecule has 7 heteroatoms. The molecule has 1 aliphatic heterocycles. The van der Waals surface area contributed by atoms with E-state index >= 15 is 0 Å². The minimum absolute atomic E-state index is 0.384. The van der Waals surface area contributed by atoms with Gasteiger partial charge < -0.3 is 5.32 Å². The van der Waals surface area contributed by atoms with Gasteiger partial charge in [0, 0.05) is 25.0 Å². The van der Waals surface area contributed by atoms with Crippen LogP contribution in [0.1, 0.15) is 25.5 Å². The Bertz CT molecular complexity index is 562. The summed E-state index contributed by atoms with van der Waals surface area (Å²) in [6.07, 6.45) is 3.59. The van der Waals surface area contributed by atoms with Gasteiger partial charge in [-0.05, 0) is 50.9 Å². The Morgan fingerprint density at radius 2 is 2.29 bits per heavy atom. The lowest BCUT2D eigenvalue weighted by molar-refractivity contribution is 0.262. The van der Waals surface area contributed by atoms with Crippen molar-refractivity contribution in [3.05, 3.63) is 24.0 Å². The molecule has 21 heavy (non-hydrogen) atoms. The van der Waals surface area contributed by atoms with E-state index in [-0.39, 0.29) is 0 Å². The average molecular weight is 312 g/mol. The fourth-order valence-electron chi connectivity index (χ4n) is 2.58. The maximum atomic E-state index is 12.5. The van der Waals surface area contributed by atoms with Crippen LogP contribution in [0.15, 0.2) is 18.3 Å². The molecule has 2 rings (SSSR count). The van der Waals surface area contributed by atoms with Crippen LogP contribution >= 0.6 is 0 Å². The van der Waals surface area contributed by atoms with Gasteiger partial charge >= 0.3 is 10.2 Å². The number of hydrogen-bond acceptors (Lipinski definition) is 4. The molecular formula is C14H24N4O2S. The molecule has 2 heterocycles. The lowest BCUT2D eigenvalue weighted by atomic mass is 10.00. The Balaban J connectivity index is 2.01. The molecular weight excluding hydrogens is 288 g/mol. The SMILES string of the molecule is CCNCC1CCCN(S(=O)(=O)Nc2ccnc(C)c2)C1. The van der Waals surface area contributed by atoms with Crippen molar-refractivity contribution in [1.29, 1.82) is 0 Å². The summed E-state index contributed by atoms with van der Waals surface area (Å²) in [5.41, 5.74) is 1.36. The van der Waals surface area contributed by atoms with Gasteiger partial charge in [-0.1, -0.05) is 6.92 Å². The van der Waals surface area contributed by atoms with E-state index in [0.29, 0.717) is 24.7 Å². The minimum Gasteiger partial charge on any atom is -0.317 e. The molecule has 1 atom stereocenters. The average Bonchev–Trinajstić information content (AvgIpc) is 2.45. The Hall–Kier alpha value is -1.18. The van der Waals surface area contributed by atoms with E-state index in [1.807, 2.05) is 6.92 Å². The fourth-order valence-corrected chi connectivity index (χ4v) is 3.91. The van der Waals surface area contributed by atoms with Crippen molar-refractivity contribution < 1.29 is 8.42 Å². The van der Waals surface area contributed by atoms with Gasteiger partial charge in [0.25, 0.3) is 0 Å². The van der Waals surface area contributed by atoms with Crippen LogP contribution in [0.25, 0.3) is 0 Å². The monoisotopic (exact) mass is 312 g/mol. The number of hydrogen-bond donors (Lipinski definition) is 2. The predicted molar refractivity (Wildman–Crippen MR) is 84.4 cm³/mol. The van der Waals surface area contributed by atoms with Crippen LogP contribution in [-0.4, -0.2) is 43.9 Å². The lowest BCUT2D eigenvalue weighted by Crippen LogP contribution is -2.45. The summed E-state index contributed by atoms with van der Waals surface area (Å²) in [7, 11) is -3.48. The third-order valence-electron chi connectivity index (χ3n) is 3.65. The van der Waals surface area contributed by atoms with Crippen molar-refractivity contribution >= 4 is 15.9 Å². The molecule has 1 aliphatic rings. The first-order chi connectivity index (χ1) is 10.0. The summed E-state index contributed by atoms with van der Waals surface area (Å²) >= 11 is 0. The number of rotatable bonds is 6. The van der Waals surface area contributed by atoms with Gasteiger partial charge in [-0.25, -0.2) is 0 Å². The van der Waals surface area contributed by atoms with E-state index in [2.05, 4.69) is 21.9 Å². The highest BCUT2D eigenvalue weighted by molar-refractivity contribution is 7.90. The number of anilines is 1. The first-order valence-corrected chi connectivity index (χ1v) is 8.86. The molecule has 1 unspecified atom stereocenters. The van der Waals surface area contributed by atoms with Crippen molar-refractivity contribution in [2.75, 3.05) is 30.9 Å². The van der Waals surface area contributed by atoms with Crippen LogP contribution in [0.2, 0.25) is 0 Å². The molecule has 118 valence electrons. The quantitative estimate of drug-likeness (QED) is 0.832. The van der Waals surface area contributed by atoms with E-state index in [1.165, 1.54) is 0 Å². The molecule has 0 amide bonds. The first-order valence-electron chi connectivity index (χ1n) is 7.42. The number of pyridine rings is 1. The summed E-state index contributed by atoms with van der Waals surface area (Å²) in [5.74, 6) is 0.384. The minimum atomic E-state index is -3.48. The molecule has 1 aromatic heterocycles. The topological polar surface area (TPSA) is 74.3 Å². The number of piperidine rings is 1. The van der Waals surface area contributed by atoms with Gasteiger partial charge in [0.1, 0.15) is 0 Å². The van der Waals surface area contributed by atoms with Crippen LogP contribution in [-0.2, 0) is 10.2 Å². The third kappa shape index (κ3) is 4.66. The second-order valence-corrected chi connectivity index (χ2v) is 7.14. The maximum absolute atomic E-state index is 12.5. The molecule has 0 radical (unpaired) electrons. The van der Waals surface area contributed by atoms with E-state index < -0.39 is 10.2 Å². The molecule has 0 bridgehead atoms. The van der Waals surface area contributed by atoms with E-state index in [0.717, 1.165) is 31.6 Å². The van der Waals surface area contributed by atoms with Gasteiger partial charge in [0.05, 0.1) is 5.69 Å². The number of aromatic nitrogens is 1. The van der Waals surface area contributed by atoms with E-state index in [9.17, 15) is 8.42 Å². The number of nitrogens with zero attached hydrogens (tertiary/aromatic N) is 2. The standard InChI is InChI=1S/C14H24N4O2S/c1-3-15-10-13-5-4-8-18(11-13)21(19,20)17-14-6-7-16-12(2)9-14/h6-7,9,13,15H,3-5,8,10-11H2,1-2H3,(H,16,17). The summed E-state index contributed by atoms with van der Waals surface area (Å²) in [6, 6.07) is 3.40. The second kappa shape index (κ2) is 7.20. The highest BCUT2D eigenvalue weighted by Crippen LogP contribution is 2.20. The second-order valence-electron chi connectivity index (χ2n) is 5.47. The Kier molecular flexibility index (Phi) is 5.55. The van der Waals surface area contributed by atoms with E-state index in [4.69, 9.17) is 0 Å². The Morgan fingerprint density at radius 3 is 3.00 bits per heavy atom. The van der Waals surface area contributed by atoms with Crippen LogP contribution in [0.3, 0.4) is 0 Å². The molecule has 0 saturated carbocycles. The zero-order chi connectivity index (χ0) is 15.3. The molecule has 1 aromatic rings. The largest absolute Gasteiger partial charge is 0.317 e. The van der Waals surface area contributed by atoms with Gasteiger partial charge in [-0.15, -0.1) is 0 Å². The summed E-state index contributed by atoms with van der Waals surface area (Å²) < 4.78 is 29.1. The van der Waals surface area contributed by atoms with Crippen molar-refractivity contribution in [1.82, 2.24) is 14.6 Å². The van der Waals surface area contributed by atoms with Crippen LogP contribution < -0.4 is 10.0 Å².